The molecule has 98 valence electrons. The zero-order valence-corrected chi connectivity index (χ0v) is 11.1. The zero-order valence-electron chi connectivity index (χ0n) is 10.4. The molecular formula is C13H18ClN3O. The van der Waals surface area contributed by atoms with E-state index in [2.05, 4.69) is 10.4 Å². The van der Waals surface area contributed by atoms with Crippen LogP contribution < -0.4 is 10.9 Å². The average molecular weight is 268 g/mol. The number of halogens is 1. The van der Waals surface area contributed by atoms with Gasteiger partial charge in [0, 0.05) is 13.1 Å². The average Bonchev–Trinajstić information content (AvgIpc) is 3.08. The Morgan fingerprint density at radius 1 is 1.33 bits per heavy atom. The smallest absolute Gasteiger partial charge is 0.291 e. The van der Waals surface area contributed by atoms with Crippen molar-refractivity contribution in [3.05, 3.63) is 21.6 Å². The van der Waals surface area contributed by atoms with Gasteiger partial charge in [0.25, 0.3) is 5.56 Å². The fraction of sp³-hybridized carbons (Fsp3) is 0.692. The molecule has 1 heterocycles. The van der Waals surface area contributed by atoms with Crippen molar-refractivity contribution in [2.24, 2.45) is 11.8 Å². The monoisotopic (exact) mass is 267 g/mol. The van der Waals surface area contributed by atoms with Crippen LogP contribution in [0, 0.1) is 11.8 Å². The summed E-state index contributed by atoms with van der Waals surface area (Å²) < 4.78 is 1.55. The molecule has 2 fully saturated rings. The molecule has 2 aliphatic rings. The maximum atomic E-state index is 12.2. The highest BCUT2D eigenvalue weighted by Gasteiger charge is 2.24. The summed E-state index contributed by atoms with van der Waals surface area (Å²) in [6.07, 6.45) is 7.82. The van der Waals surface area contributed by atoms with Crippen molar-refractivity contribution in [2.45, 2.75) is 38.6 Å². The van der Waals surface area contributed by atoms with Crippen molar-refractivity contribution < 1.29 is 0 Å². The molecule has 0 saturated heterocycles. The Hall–Kier alpha value is -1.03. The van der Waals surface area contributed by atoms with Gasteiger partial charge in [-0.15, -0.1) is 0 Å². The van der Waals surface area contributed by atoms with E-state index < -0.39 is 0 Å². The predicted octanol–water partition coefficient (Wildman–Crippen LogP) is 2.52. The van der Waals surface area contributed by atoms with Crippen molar-refractivity contribution in [1.82, 2.24) is 9.78 Å². The van der Waals surface area contributed by atoms with Crippen LogP contribution in [-0.4, -0.2) is 16.3 Å². The van der Waals surface area contributed by atoms with Crippen LogP contribution in [0.4, 0.5) is 5.69 Å². The van der Waals surface area contributed by atoms with E-state index in [0.717, 1.165) is 13.1 Å². The summed E-state index contributed by atoms with van der Waals surface area (Å²) in [6, 6.07) is 0. The topological polar surface area (TPSA) is 46.9 Å². The van der Waals surface area contributed by atoms with E-state index in [4.69, 9.17) is 11.6 Å². The van der Waals surface area contributed by atoms with Gasteiger partial charge in [-0.3, -0.25) is 4.79 Å². The molecule has 0 radical (unpaired) electrons. The Bertz CT molecular complexity index is 491. The van der Waals surface area contributed by atoms with Gasteiger partial charge in [0.1, 0.15) is 5.69 Å². The number of aromatic nitrogens is 2. The Kier molecular flexibility index (Phi) is 3.29. The SMILES string of the molecule is O=c1c(NCC2CCC2)c(Cl)cnn1CC1CC1. The number of hydrogen-bond acceptors (Lipinski definition) is 3. The fourth-order valence-electron chi connectivity index (χ4n) is 2.25. The zero-order chi connectivity index (χ0) is 12.5. The molecule has 1 aromatic rings. The normalized spacial score (nSPS) is 19.6. The molecule has 0 unspecified atom stereocenters. The summed E-state index contributed by atoms with van der Waals surface area (Å²) in [6.45, 7) is 1.58. The van der Waals surface area contributed by atoms with Crippen LogP contribution >= 0.6 is 11.6 Å². The predicted molar refractivity (Wildman–Crippen MR) is 72.1 cm³/mol. The van der Waals surface area contributed by atoms with E-state index in [1.165, 1.54) is 32.1 Å². The van der Waals surface area contributed by atoms with E-state index >= 15 is 0 Å². The van der Waals surface area contributed by atoms with Crippen LogP contribution in [-0.2, 0) is 6.54 Å². The van der Waals surface area contributed by atoms with Gasteiger partial charge in [-0.25, -0.2) is 4.68 Å². The first-order valence-corrected chi connectivity index (χ1v) is 7.11. The van der Waals surface area contributed by atoms with Crippen LogP contribution in [0.25, 0.3) is 0 Å². The van der Waals surface area contributed by atoms with Crippen LogP contribution in [0.2, 0.25) is 5.02 Å². The van der Waals surface area contributed by atoms with Crippen molar-refractivity contribution >= 4 is 17.3 Å². The number of hydrogen-bond donors (Lipinski definition) is 1. The maximum absolute atomic E-state index is 12.2. The van der Waals surface area contributed by atoms with Gasteiger partial charge >= 0.3 is 0 Å². The lowest BCUT2D eigenvalue weighted by Gasteiger charge is -2.25. The van der Waals surface area contributed by atoms with Gasteiger partial charge in [-0.05, 0) is 37.5 Å². The van der Waals surface area contributed by atoms with Gasteiger partial charge in [0.2, 0.25) is 0 Å². The fourth-order valence-corrected chi connectivity index (χ4v) is 2.44. The van der Waals surface area contributed by atoms with Crippen LogP contribution in [0.1, 0.15) is 32.1 Å². The second-order valence-electron chi connectivity index (χ2n) is 5.48. The third kappa shape index (κ3) is 2.53. The third-order valence-electron chi connectivity index (χ3n) is 3.92. The first kappa shape index (κ1) is 12.0. The lowest BCUT2D eigenvalue weighted by Crippen LogP contribution is -2.29. The lowest BCUT2D eigenvalue weighted by atomic mass is 9.85. The molecule has 0 amide bonds. The number of nitrogens with one attached hydrogen (secondary N) is 1. The van der Waals surface area contributed by atoms with Gasteiger partial charge in [0.05, 0.1) is 11.2 Å². The summed E-state index contributed by atoms with van der Waals surface area (Å²) >= 11 is 6.06. The summed E-state index contributed by atoms with van der Waals surface area (Å²) in [5, 5.41) is 7.76. The van der Waals surface area contributed by atoms with Gasteiger partial charge in [-0.1, -0.05) is 18.0 Å². The minimum atomic E-state index is -0.0753. The minimum absolute atomic E-state index is 0.0753. The molecule has 18 heavy (non-hydrogen) atoms. The molecule has 5 heteroatoms. The lowest BCUT2D eigenvalue weighted by molar-refractivity contribution is 0.333. The minimum Gasteiger partial charge on any atom is -0.379 e. The van der Waals surface area contributed by atoms with Crippen molar-refractivity contribution in [3.63, 3.8) is 0 Å². The Balaban J connectivity index is 1.74. The molecule has 3 rings (SSSR count). The van der Waals surface area contributed by atoms with Gasteiger partial charge in [0.15, 0.2) is 0 Å². The molecule has 2 aliphatic carbocycles. The summed E-state index contributed by atoms with van der Waals surface area (Å²) in [4.78, 5) is 12.2. The quantitative estimate of drug-likeness (QED) is 0.892. The summed E-state index contributed by atoms with van der Waals surface area (Å²) in [5.41, 5.74) is 0.452. The number of nitrogens with zero attached hydrogens (tertiary/aromatic N) is 2. The van der Waals surface area contributed by atoms with Crippen LogP contribution in [0.15, 0.2) is 11.0 Å². The van der Waals surface area contributed by atoms with Gasteiger partial charge < -0.3 is 5.32 Å². The van der Waals surface area contributed by atoms with Gasteiger partial charge in [-0.2, -0.15) is 5.10 Å². The second-order valence-corrected chi connectivity index (χ2v) is 5.88. The number of anilines is 1. The molecule has 0 aliphatic heterocycles. The third-order valence-corrected chi connectivity index (χ3v) is 4.20. The van der Waals surface area contributed by atoms with E-state index in [9.17, 15) is 4.79 Å². The highest BCUT2D eigenvalue weighted by atomic mass is 35.5. The standard InChI is InChI=1S/C13H18ClN3O/c14-11-7-16-17(8-10-4-5-10)13(18)12(11)15-6-9-2-1-3-9/h7,9-10,15H,1-6,8H2. The van der Waals surface area contributed by atoms with E-state index in [1.54, 1.807) is 10.9 Å². The van der Waals surface area contributed by atoms with E-state index in [-0.39, 0.29) is 5.56 Å². The first-order valence-electron chi connectivity index (χ1n) is 6.73. The molecule has 1 aromatic heterocycles. The molecular weight excluding hydrogens is 250 g/mol. The van der Waals surface area contributed by atoms with Crippen molar-refractivity contribution in [3.8, 4) is 0 Å². The van der Waals surface area contributed by atoms with Crippen molar-refractivity contribution in [2.75, 3.05) is 11.9 Å². The highest BCUT2D eigenvalue weighted by molar-refractivity contribution is 6.32. The molecule has 2 saturated carbocycles. The Morgan fingerprint density at radius 2 is 2.11 bits per heavy atom. The Morgan fingerprint density at radius 3 is 2.72 bits per heavy atom. The molecule has 0 aromatic carbocycles. The summed E-state index contributed by atoms with van der Waals surface area (Å²) in [5.74, 6) is 1.33. The second kappa shape index (κ2) is 4.92. The summed E-state index contributed by atoms with van der Waals surface area (Å²) in [7, 11) is 0. The highest BCUT2D eigenvalue weighted by Crippen LogP contribution is 2.30. The Labute approximate surface area is 111 Å². The van der Waals surface area contributed by atoms with E-state index in [1.807, 2.05) is 0 Å². The maximum Gasteiger partial charge on any atom is 0.291 e. The molecule has 0 bridgehead atoms. The first-order chi connectivity index (χ1) is 8.74. The van der Waals surface area contributed by atoms with E-state index in [0.29, 0.717) is 22.5 Å². The molecule has 0 spiro atoms. The molecule has 0 atom stereocenters. The van der Waals surface area contributed by atoms with Crippen LogP contribution in [0.3, 0.4) is 0 Å². The van der Waals surface area contributed by atoms with Crippen molar-refractivity contribution in [1.29, 1.82) is 0 Å². The largest absolute Gasteiger partial charge is 0.379 e. The number of rotatable bonds is 5. The molecule has 1 N–H and O–H groups in total. The van der Waals surface area contributed by atoms with Crippen LogP contribution in [0.5, 0.6) is 0 Å². The molecule has 4 nitrogen and oxygen atoms in total.